The second-order valence-corrected chi connectivity index (χ2v) is 5.65. The van der Waals surface area contributed by atoms with Gasteiger partial charge in [0.25, 0.3) is 5.69 Å². The van der Waals surface area contributed by atoms with E-state index >= 15 is 0 Å². The van der Waals surface area contributed by atoms with Crippen LogP contribution in [0.15, 0.2) is 18.2 Å². The first kappa shape index (κ1) is 14.9. The van der Waals surface area contributed by atoms with Crippen LogP contribution in [0.5, 0.6) is 0 Å². The van der Waals surface area contributed by atoms with E-state index in [2.05, 4.69) is 4.90 Å². The Hall–Kier alpha value is -1.46. The van der Waals surface area contributed by atoms with Crippen molar-refractivity contribution in [3.63, 3.8) is 0 Å². The van der Waals surface area contributed by atoms with Gasteiger partial charge in [-0.3, -0.25) is 19.8 Å². The van der Waals surface area contributed by atoms with Crippen molar-refractivity contribution in [2.45, 2.75) is 38.3 Å². The molecule has 108 valence electrons. The van der Waals surface area contributed by atoms with Gasteiger partial charge in [-0.25, -0.2) is 0 Å². The zero-order valence-corrected chi connectivity index (χ0v) is 12.1. The molecule has 1 fully saturated rings. The summed E-state index contributed by atoms with van der Waals surface area (Å²) in [5.41, 5.74) is 0.704. The lowest BCUT2D eigenvalue weighted by atomic mass is 9.93. The summed E-state index contributed by atoms with van der Waals surface area (Å²) in [5, 5.41) is 11.4. The second kappa shape index (κ2) is 6.33. The minimum atomic E-state index is -0.403. The van der Waals surface area contributed by atoms with E-state index in [4.69, 9.17) is 11.6 Å². The van der Waals surface area contributed by atoms with E-state index in [1.54, 1.807) is 12.1 Å². The molecule has 0 radical (unpaired) electrons. The second-order valence-electron chi connectivity index (χ2n) is 5.22. The molecule has 0 heterocycles. The van der Waals surface area contributed by atoms with Crippen LogP contribution in [0.1, 0.15) is 31.2 Å². The number of Topliss-reactive ketones (excluding diaryl/α,β-unsaturated/α-hetero) is 1. The van der Waals surface area contributed by atoms with Crippen LogP contribution < -0.4 is 0 Å². The molecule has 0 aromatic heterocycles. The van der Waals surface area contributed by atoms with Crippen molar-refractivity contribution in [3.8, 4) is 0 Å². The van der Waals surface area contributed by atoms with E-state index in [9.17, 15) is 14.9 Å². The molecular weight excluding hydrogens is 280 g/mol. The number of carbonyl (C=O) groups is 1. The van der Waals surface area contributed by atoms with Crippen molar-refractivity contribution in [2.75, 3.05) is 7.05 Å². The molecule has 5 nitrogen and oxygen atoms in total. The molecule has 1 aromatic rings. The third kappa shape index (κ3) is 3.55. The van der Waals surface area contributed by atoms with Gasteiger partial charge in [0.2, 0.25) is 0 Å². The maximum absolute atomic E-state index is 11.2. The lowest BCUT2D eigenvalue weighted by molar-refractivity contribution is -0.385. The molecule has 6 heteroatoms. The topological polar surface area (TPSA) is 63.4 Å². The minimum Gasteiger partial charge on any atom is -0.300 e. The number of rotatable bonds is 4. The Kier molecular flexibility index (Phi) is 4.73. The lowest BCUT2D eigenvalue weighted by Gasteiger charge is -2.30. The first-order valence-electron chi connectivity index (χ1n) is 6.62. The Morgan fingerprint density at radius 3 is 2.65 bits per heavy atom. The summed E-state index contributed by atoms with van der Waals surface area (Å²) in [7, 11) is 1.94. The number of nitro groups is 1. The van der Waals surface area contributed by atoms with E-state index in [1.807, 2.05) is 7.05 Å². The fourth-order valence-electron chi connectivity index (χ4n) is 2.60. The van der Waals surface area contributed by atoms with E-state index < -0.39 is 4.92 Å². The highest BCUT2D eigenvalue weighted by Gasteiger charge is 2.24. The number of ketones is 1. The van der Waals surface area contributed by atoms with Gasteiger partial charge in [0.05, 0.1) is 4.92 Å². The molecule has 1 aromatic carbocycles. The normalized spacial score (nSPS) is 16.6. The zero-order chi connectivity index (χ0) is 14.7. The van der Waals surface area contributed by atoms with Crippen LogP contribution >= 0.6 is 11.6 Å². The highest BCUT2D eigenvalue weighted by molar-refractivity contribution is 6.30. The number of hydrogen-bond acceptors (Lipinski definition) is 4. The quantitative estimate of drug-likeness (QED) is 0.632. The summed E-state index contributed by atoms with van der Waals surface area (Å²) in [5.74, 6) is 0.312. The van der Waals surface area contributed by atoms with E-state index in [-0.39, 0.29) is 5.69 Å². The minimum absolute atomic E-state index is 0.0521. The van der Waals surface area contributed by atoms with Gasteiger partial charge in [-0.2, -0.15) is 0 Å². The van der Waals surface area contributed by atoms with Gasteiger partial charge in [-0.05, 0) is 32.0 Å². The largest absolute Gasteiger partial charge is 0.300 e. The molecule has 0 amide bonds. The van der Waals surface area contributed by atoms with Crippen LogP contribution in [0.2, 0.25) is 5.02 Å². The maximum atomic E-state index is 11.2. The SMILES string of the molecule is CN(Cc1ccc(Cl)cc1[N+](=O)[O-])C1CCC(=O)CC1. The monoisotopic (exact) mass is 296 g/mol. The van der Waals surface area contributed by atoms with E-state index in [1.165, 1.54) is 6.07 Å². The van der Waals surface area contributed by atoms with Gasteiger partial charge in [0.15, 0.2) is 0 Å². The molecular formula is C14H17ClN2O3. The van der Waals surface area contributed by atoms with Gasteiger partial charge in [0.1, 0.15) is 5.78 Å². The van der Waals surface area contributed by atoms with Crippen molar-refractivity contribution < 1.29 is 9.72 Å². The Balaban J connectivity index is 2.09. The standard InChI is InChI=1S/C14H17ClN2O3/c1-16(12-4-6-13(18)7-5-12)9-10-2-3-11(15)8-14(10)17(19)20/h2-3,8,12H,4-7,9H2,1H3. The van der Waals surface area contributed by atoms with Crippen LogP contribution in [0.25, 0.3) is 0 Å². The van der Waals surface area contributed by atoms with E-state index in [0.29, 0.717) is 41.8 Å². The van der Waals surface area contributed by atoms with Gasteiger partial charge in [-0.15, -0.1) is 0 Å². The molecule has 20 heavy (non-hydrogen) atoms. The lowest BCUT2D eigenvalue weighted by Crippen LogP contribution is -2.34. The summed E-state index contributed by atoms with van der Waals surface area (Å²) in [6.07, 6.45) is 2.88. The Morgan fingerprint density at radius 2 is 2.05 bits per heavy atom. The Bertz CT molecular complexity index is 523. The molecule has 0 spiro atoms. The number of benzene rings is 1. The van der Waals surface area contributed by atoms with Crippen molar-refractivity contribution in [1.82, 2.24) is 4.90 Å². The molecule has 0 atom stereocenters. The van der Waals surface area contributed by atoms with Crippen molar-refractivity contribution in [3.05, 3.63) is 38.9 Å². The molecule has 0 unspecified atom stereocenters. The first-order chi connectivity index (χ1) is 9.47. The Morgan fingerprint density at radius 1 is 1.40 bits per heavy atom. The summed E-state index contributed by atoms with van der Waals surface area (Å²) in [4.78, 5) is 24.0. The molecule has 0 aliphatic heterocycles. The van der Waals surface area contributed by atoms with Crippen LogP contribution in [-0.4, -0.2) is 28.7 Å². The third-order valence-corrected chi connectivity index (χ3v) is 4.04. The van der Waals surface area contributed by atoms with Crippen LogP contribution in [0.3, 0.4) is 0 Å². The van der Waals surface area contributed by atoms with Gasteiger partial charge in [0, 0.05) is 42.1 Å². The fraction of sp³-hybridized carbons (Fsp3) is 0.500. The first-order valence-corrected chi connectivity index (χ1v) is 7.00. The van der Waals surface area contributed by atoms with E-state index in [0.717, 1.165) is 12.8 Å². The highest BCUT2D eigenvalue weighted by atomic mass is 35.5. The average molecular weight is 297 g/mol. The molecule has 1 aliphatic rings. The molecule has 1 saturated carbocycles. The summed E-state index contributed by atoms with van der Waals surface area (Å²) in [6, 6.07) is 5.06. The number of nitro benzene ring substituents is 1. The number of halogens is 1. The maximum Gasteiger partial charge on any atom is 0.275 e. The number of nitrogens with zero attached hydrogens (tertiary/aromatic N) is 2. The van der Waals surface area contributed by atoms with Crippen molar-refractivity contribution >= 4 is 23.1 Å². The average Bonchev–Trinajstić information content (AvgIpc) is 2.41. The predicted molar refractivity (Wildman–Crippen MR) is 76.8 cm³/mol. The molecule has 0 saturated heterocycles. The van der Waals surface area contributed by atoms with Crippen LogP contribution in [-0.2, 0) is 11.3 Å². The summed E-state index contributed by atoms with van der Waals surface area (Å²) < 4.78 is 0. The Labute approximate surface area is 122 Å². The van der Waals surface area contributed by atoms with Crippen molar-refractivity contribution in [1.29, 1.82) is 0 Å². The van der Waals surface area contributed by atoms with Gasteiger partial charge < -0.3 is 0 Å². The van der Waals surface area contributed by atoms with Crippen molar-refractivity contribution in [2.24, 2.45) is 0 Å². The number of carbonyl (C=O) groups excluding carboxylic acids is 1. The molecule has 0 bridgehead atoms. The zero-order valence-electron chi connectivity index (χ0n) is 11.3. The molecule has 0 N–H and O–H groups in total. The summed E-state index contributed by atoms with van der Waals surface area (Å²) in [6.45, 7) is 0.492. The van der Waals surface area contributed by atoms with Crippen LogP contribution in [0.4, 0.5) is 5.69 Å². The van der Waals surface area contributed by atoms with Gasteiger partial charge in [-0.1, -0.05) is 11.6 Å². The highest BCUT2D eigenvalue weighted by Crippen LogP contribution is 2.27. The predicted octanol–water partition coefficient (Wildman–Crippen LogP) is 3.19. The number of hydrogen-bond donors (Lipinski definition) is 0. The third-order valence-electron chi connectivity index (χ3n) is 3.80. The smallest absolute Gasteiger partial charge is 0.275 e. The van der Waals surface area contributed by atoms with Crippen LogP contribution in [0, 0.1) is 10.1 Å². The molecule has 1 aliphatic carbocycles. The fourth-order valence-corrected chi connectivity index (χ4v) is 2.77. The summed E-state index contributed by atoms with van der Waals surface area (Å²) >= 11 is 5.81. The molecule has 2 rings (SSSR count). The van der Waals surface area contributed by atoms with Gasteiger partial charge >= 0.3 is 0 Å².